The molecule has 1 heterocycles. The Bertz CT molecular complexity index is 609. The van der Waals surface area contributed by atoms with Gasteiger partial charge in [0.2, 0.25) is 0 Å². The van der Waals surface area contributed by atoms with Gasteiger partial charge in [0.1, 0.15) is 5.82 Å². The maximum absolute atomic E-state index is 13.1. The fourth-order valence-electron chi connectivity index (χ4n) is 1.75. The quantitative estimate of drug-likeness (QED) is 0.881. The molecule has 0 aliphatic rings. The van der Waals surface area contributed by atoms with Crippen molar-refractivity contribution < 1.29 is 17.6 Å². The van der Waals surface area contributed by atoms with Crippen LogP contribution < -0.4 is 5.32 Å². The molecule has 0 bridgehead atoms. The Morgan fingerprint density at radius 1 is 1.10 bits per heavy atom. The first-order valence-corrected chi connectivity index (χ1v) is 6.20. The Labute approximate surface area is 119 Å². The normalized spacial score (nSPS) is 11.7. The molecule has 0 radical (unpaired) electrons. The van der Waals surface area contributed by atoms with Gasteiger partial charge in [0.15, 0.2) is 0 Å². The highest BCUT2D eigenvalue weighted by Crippen LogP contribution is 2.31. The molecular weight excluding hydrogens is 286 g/mol. The van der Waals surface area contributed by atoms with Crippen LogP contribution in [-0.2, 0) is 19.3 Å². The van der Waals surface area contributed by atoms with Gasteiger partial charge in [-0.2, -0.15) is 13.2 Å². The van der Waals surface area contributed by atoms with Crippen LogP contribution in [0.25, 0.3) is 0 Å². The summed E-state index contributed by atoms with van der Waals surface area (Å²) in [6.45, 7) is 2.35. The number of nitrogens with one attached hydrogen (secondary N) is 1. The van der Waals surface area contributed by atoms with E-state index >= 15 is 0 Å². The van der Waals surface area contributed by atoms with E-state index < -0.39 is 17.6 Å². The number of benzene rings is 1. The summed E-state index contributed by atoms with van der Waals surface area (Å²) in [5.41, 5.74) is 0.562. The summed E-state index contributed by atoms with van der Waals surface area (Å²) < 4.78 is 50.9. The zero-order valence-electron chi connectivity index (χ0n) is 11.2. The summed E-state index contributed by atoms with van der Waals surface area (Å²) in [6, 6.07) is 2.95. The van der Waals surface area contributed by atoms with E-state index in [0.717, 1.165) is 17.8 Å². The van der Waals surface area contributed by atoms with Gasteiger partial charge in [-0.3, -0.25) is 9.97 Å². The lowest BCUT2D eigenvalue weighted by atomic mass is 10.1. The molecule has 1 N–H and O–H groups in total. The van der Waals surface area contributed by atoms with E-state index in [4.69, 9.17) is 0 Å². The number of halogens is 4. The number of hydrogen-bond acceptors (Lipinski definition) is 3. The molecule has 0 saturated heterocycles. The van der Waals surface area contributed by atoms with E-state index in [1.54, 1.807) is 19.3 Å². The summed E-state index contributed by atoms with van der Waals surface area (Å²) >= 11 is 0. The monoisotopic (exact) mass is 299 g/mol. The molecule has 112 valence electrons. The zero-order valence-corrected chi connectivity index (χ0v) is 11.2. The lowest BCUT2D eigenvalue weighted by Gasteiger charge is -2.10. The van der Waals surface area contributed by atoms with Gasteiger partial charge in [0.05, 0.1) is 17.0 Å². The molecule has 0 amide bonds. The van der Waals surface area contributed by atoms with Crippen LogP contribution in [0.15, 0.2) is 30.6 Å². The number of rotatable bonds is 4. The van der Waals surface area contributed by atoms with Crippen molar-refractivity contribution in [3.63, 3.8) is 0 Å². The van der Waals surface area contributed by atoms with Crippen LogP contribution in [0.1, 0.15) is 22.5 Å². The summed E-state index contributed by atoms with van der Waals surface area (Å²) in [5.74, 6) is -1.27. The topological polar surface area (TPSA) is 37.8 Å². The Hall–Kier alpha value is -2.02. The van der Waals surface area contributed by atoms with E-state index in [9.17, 15) is 17.6 Å². The van der Waals surface area contributed by atoms with Gasteiger partial charge in [-0.25, -0.2) is 4.39 Å². The first-order valence-electron chi connectivity index (χ1n) is 6.20. The number of hydrogen-bond donors (Lipinski definition) is 1. The van der Waals surface area contributed by atoms with Crippen molar-refractivity contribution in [3.05, 3.63) is 58.9 Å². The standard InChI is InChI=1S/C14H13F4N3/c1-9-5-21-11(8-20-9)7-19-6-10-2-3-13(15)12(4-10)14(16,17)18/h2-5,8,19H,6-7H2,1H3. The first kappa shape index (κ1) is 15.4. The highest BCUT2D eigenvalue weighted by atomic mass is 19.4. The Kier molecular flexibility index (Phi) is 4.52. The van der Waals surface area contributed by atoms with E-state index in [-0.39, 0.29) is 6.54 Å². The highest BCUT2D eigenvalue weighted by molar-refractivity contribution is 5.27. The fraction of sp³-hybridized carbons (Fsp3) is 0.286. The summed E-state index contributed by atoms with van der Waals surface area (Å²) in [6.07, 6.45) is -1.49. The van der Waals surface area contributed by atoms with Crippen molar-refractivity contribution in [2.24, 2.45) is 0 Å². The molecule has 0 saturated carbocycles. The lowest BCUT2D eigenvalue weighted by Crippen LogP contribution is -2.15. The van der Waals surface area contributed by atoms with Crippen molar-refractivity contribution in [3.8, 4) is 0 Å². The molecule has 0 atom stereocenters. The molecule has 0 aliphatic heterocycles. The molecule has 2 rings (SSSR count). The average molecular weight is 299 g/mol. The van der Waals surface area contributed by atoms with Crippen LogP contribution in [-0.4, -0.2) is 9.97 Å². The summed E-state index contributed by atoms with van der Waals surface area (Å²) in [4.78, 5) is 8.18. The first-order chi connectivity index (χ1) is 9.86. The van der Waals surface area contributed by atoms with Gasteiger partial charge < -0.3 is 5.32 Å². The van der Waals surface area contributed by atoms with E-state index in [1.165, 1.54) is 6.07 Å². The third kappa shape index (κ3) is 4.22. The van der Waals surface area contributed by atoms with Crippen LogP contribution in [0.5, 0.6) is 0 Å². The molecule has 2 aromatic rings. The minimum absolute atomic E-state index is 0.179. The maximum atomic E-state index is 13.1. The smallest absolute Gasteiger partial charge is 0.307 e. The molecule has 0 unspecified atom stereocenters. The average Bonchev–Trinajstić information content (AvgIpc) is 2.41. The lowest BCUT2D eigenvalue weighted by molar-refractivity contribution is -0.140. The third-order valence-electron chi connectivity index (χ3n) is 2.81. The molecule has 0 spiro atoms. The van der Waals surface area contributed by atoms with Gasteiger partial charge in [0.25, 0.3) is 0 Å². The molecule has 1 aromatic heterocycles. The molecule has 3 nitrogen and oxygen atoms in total. The second-order valence-corrected chi connectivity index (χ2v) is 4.56. The van der Waals surface area contributed by atoms with Crippen molar-refractivity contribution in [1.29, 1.82) is 0 Å². The second kappa shape index (κ2) is 6.17. The molecule has 0 fully saturated rings. The largest absolute Gasteiger partial charge is 0.419 e. The van der Waals surface area contributed by atoms with Gasteiger partial charge in [0, 0.05) is 25.5 Å². The Balaban J connectivity index is 1.99. The molecule has 1 aromatic carbocycles. The Morgan fingerprint density at radius 3 is 2.48 bits per heavy atom. The fourth-order valence-corrected chi connectivity index (χ4v) is 1.75. The van der Waals surface area contributed by atoms with Crippen molar-refractivity contribution in [2.75, 3.05) is 0 Å². The van der Waals surface area contributed by atoms with Crippen LogP contribution >= 0.6 is 0 Å². The Morgan fingerprint density at radius 2 is 1.86 bits per heavy atom. The van der Waals surface area contributed by atoms with Gasteiger partial charge in [-0.15, -0.1) is 0 Å². The number of aromatic nitrogens is 2. The predicted molar refractivity (Wildman–Crippen MR) is 68.7 cm³/mol. The van der Waals surface area contributed by atoms with Crippen molar-refractivity contribution in [2.45, 2.75) is 26.2 Å². The van der Waals surface area contributed by atoms with Crippen LogP contribution in [0, 0.1) is 12.7 Å². The predicted octanol–water partition coefficient (Wildman–Crippen LogP) is 3.23. The van der Waals surface area contributed by atoms with Crippen LogP contribution in [0.3, 0.4) is 0 Å². The number of aryl methyl sites for hydroxylation is 1. The minimum atomic E-state index is -4.69. The van der Waals surface area contributed by atoms with E-state index in [0.29, 0.717) is 17.8 Å². The second-order valence-electron chi connectivity index (χ2n) is 4.56. The molecular formula is C14H13F4N3. The van der Waals surface area contributed by atoms with E-state index in [1.807, 2.05) is 0 Å². The number of nitrogens with zero attached hydrogens (tertiary/aromatic N) is 2. The van der Waals surface area contributed by atoms with Gasteiger partial charge >= 0.3 is 6.18 Å². The maximum Gasteiger partial charge on any atom is 0.419 e. The molecule has 7 heteroatoms. The van der Waals surface area contributed by atoms with E-state index in [2.05, 4.69) is 15.3 Å². The highest BCUT2D eigenvalue weighted by Gasteiger charge is 2.34. The molecule has 0 aliphatic carbocycles. The summed E-state index contributed by atoms with van der Waals surface area (Å²) in [5, 5.41) is 2.94. The zero-order chi connectivity index (χ0) is 15.5. The van der Waals surface area contributed by atoms with Crippen molar-refractivity contribution in [1.82, 2.24) is 15.3 Å². The summed E-state index contributed by atoms with van der Waals surface area (Å²) in [7, 11) is 0. The third-order valence-corrected chi connectivity index (χ3v) is 2.81. The SMILES string of the molecule is Cc1cnc(CNCc2ccc(F)c(C(F)(F)F)c2)cn1. The minimum Gasteiger partial charge on any atom is -0.307 e. The number of alkyl halides is 3. The van der Waals surface area contributed by atoms with Gasteiger partial charge in [-0.1, -0.05) is 6.07 Å². The van der Waals surface area contributed by atoms with Crippen LogP contribution in [0.4, 0.5) is 17.6 Å². The van der Waals surface area contributed by atoms with Crippen LogP contribution in [0.2, 0.25) is 0 Å². The molecule has 21 heavy (non-hydrogen) atoms. The van der Waals surface area contributed by atoms with Gasteiger partial charge in [-0.05, 0) is 24.6 Å². The van der Waals surface area contributed by atoms with Crippen molar-refractivity contribution >= 4 is 0 Å².